The molecule has 28 heavy (non-hydrogen) atoms. The average Bonchev–Trinajstić information content (AvgIpc) is 3.00. The van der Waals surface area contributed by atoms with E-state index < -0.39 is 0 Å². The van der Waals surface area contributed by atoms with E-state index in [1.165, 1.54) is 50.7 Å². The number of nitrogens with one attached hydrogen (secondary N) is 2. The molecule has 1 aliphatic rings. The van der Waals surface area contributed by atoms with Crippen LogP contribution in [0.3, 0.4) is 0 Å². The van der Waals surface area contributed by atoms with E-state index in [1.54, 1.807) is 0 Å². The summed E-state index contributed by atoms with van der Waals surface area (Å²) in [7, 11) is 1.99. The molecule has 1 aromatic heterocycles. The number of aliphatic imine (C=N–C) groups is 1. The molecular weight excluding hydrogens is 483 g/mol. The Hall–Kier alpha value is -0.510. The van der Waals surface area contributed by atoms with E-state index >= 15 is 0 Å². The summed E-state index contributed by atoms with van der Waals surface area (Å²) in [4.78, 5) is 4.76. The van der Waals surface area contributed by atoms with E-state index in [0.29, 0.717) is 12.6 Å². The van der Waals surface area contributed by atoms with E-state index in [0.717, 1.165) is 36.5 Å². The zero-order valence-corrected chi connectivity index (χ0v) is 21.2. The second-order valence-electron chi connectivity index (χ2n) is 7.79. The van der Waals surface area contributed by atoms with E-state index in [2.05, 4.69) is 34.0 Å². The van der Waals surface area contributed by atoms with E-state index in [9.17, 15) is 0 Å². The van der Waals surface area contributed by atoms with Crippen LogP contribution < -0.4 is 10.6 Å². The molecule has 1 fully saturated rings. The molecule has 0 bridgehead atoms. The molecule has 8 heteroatoms. The van der Waals surface area contributed by atoms with E-state index in [1.807, 2.05) is 30.3 Å². The van der Waals surface area contributed by atoms with Gasteiger partial charge in [-0.2, -0.15) is 11.8 Å². The Labute approximate surface area is 192 Å². The van der Waals surface area contributed by atoms with E-state index in [4.69, 9.17) is 4.99 Å². The third-order valence-electron chi connectivity index (χ3n) is 5.49. The van der Waals surface area contributed by atoms with Gasteiger partial charge in [0.15, 0.2) is 11.8 Å². The first-order chi connectivity index (χ1) is 13.1. The van der Waals surface area contributed by atoms with Crippen LogP contribution in [0.1, 0.15) is 69.9 Å². The number of nitrogens with zero attached hydrogens (tertiary/aromatic N) is 4. The Kier molecular flexibility index (Phi) is 13.2. The summed E-state index contributed by atoms with van der Waals surface area (Å²) in [6.07, 6.45) is 13.0. The van der Waals surface area contributed by atoms with Crippen LogP contribution in [-0.2, 0) is 13.6 Å². The SMILES string of the molecule is CSCCCNC(=NCc1nnc(C)n1C)NC(C)CCC1CCCCC1.I. The molecule has 1 aliphatic carbocycles. The molecule has 0 aromatic carbocycles. The molecular formula is C20H39IN6S. The molecule has 1 atom stereocenters. The number of aromatic nitrogens is 3. The largest absolute Gasteiger partial charge is 0.356 e. The molecule has 162 valence electrons. The van der Waals surface area contributed by atoms with Gasteiger partial charge in [-0.3, -0.25) is 0 Å². The summed E-state index contributed by atoms with van der Waals surface area (Å²) in [6, 6.07) is 0.431. The van der Waals surface area contributed by atoms with Gasteiger partial charge < -0.3 is 15.2 Å². The molecule has 1 aromatic rings. The van der Waals surface area contributed by atoms with Gasteiger partial charge in [-0.1, -0.05) is 32.1 Å². The summed E-state index contributed by atoms with van der Waals surface area (Å²) in [6.45, 7) is 5.73. The lowest BCUT2D eigenvalue weighted by Crippen LogP contribution is -2.43. The number of thioether (sulfide) groups is 1. The molecule has 6 nitrogen and oxygen atoms in total. The summed E-state index contributed by atoms with van der Waals surface area (Å²) in [5.41, 5.74) is 0. The highest BCUT2D eigenvalue weighted by Gasteiger charge is 2.15. The molecule has 0 amide bonds. The fourth-order valence-corrected chi connectivity index (χ4v) is 4.01. The Morgan fingerprint density at radius 2 is 2.04 bits per heavy atom. The second kappa shape index (κ2) is 14.5. The molecule has 2 N–H and O–H groups in total. The number of guanidine groups is 1. The standard InChI is InChI=1S/C20H38N6S.HI/c1-16(11-12-18-9-6-5-7-10-18)23-20(21-13-8-14-27-4)22-15-19-25-24-17(2)26(19)3;/h16,18H,5-15H2,1-4H3,(H2,21,22,23);1H. The minimum absolute atomic E-state index is 0. The predicted octanol–water partition coefficient (Wildman–Crippen LogP) is 4.28. The lowest BCUT2D eigenvalue weighted by atomic mass is 9.85. The molecule has 0 radical (unpaired) electrons. The number of aryl methyl sites for hydroxylation is 1. The van der Waals surface area contributed by atoms with Gasteiger partial charge in [-0.15, -0.1) is 34.2 Å². The normalized spacial score (nSPS) is 16.5. The summed E-state index contributed by atoms with van der Waals surface area (Å²) in [5.74, 6) is 4.81. The van der Waals surface area contributed by atoms with Gasteiger partial charge in [0, 0.05) is 19.6 Å². The lowest BCUT2D eigenvalue weighted by Gasteiger charge is -2.24. The highest BCUT2D eigenvalue weighted by atomic mass is 127. The van der Waals surface area contributed by atoms with Crippen LogP contribution in [0, 0.1) is 12.8 Å². The average molecular weight is 523 g/mol. The fraction of sp³-hybridized carbons (Fsp3) is 0.850. The fourth-order valence-electron chi connectivity index (χ4n) is 3.58. The second-order valence-corrected chi connectivity index (χ2v) is 8.77. The molecule has 2 rings (SSSR count). The first kappa shape index (κ1) is 25.5. The zero-order chi connectivity index (χ0) is 19.5. The van der Waals surface area contributed by atoms with Crippen LogP contribution in [0.15, 0.2) is 4.99 Å². The number of rotatable bonds is 10. The van der Waals surface area contributed by atoms with Gasteiger partial charge in [0.2, 0.25) is 0 Å². The molecule has 0 spiro atoms. The van der Waals surface area contributed by atoms with Crippen LogP contribution in [-0.4, -0.2) is 45.3 Å². The van der Waals surface area contributed by atoms with Crippen molar-refractivity contribution in [2.45, 2.75) is 77.8 Å². The summed E-state index contributed by atoms with van der Waals surface area (Å²) >= 11 is 1.88. The van der Waals surface area contributed by atoms with Crippen LogP contribution in [0.2, 0.25) is 0 Å². The molecule has 1 heterocycles. The van der Waals surface area contributed by atoms with Crippen molar-refractivity contribution in [3.05, 3.63) is 11.6 Å². The highest BCUT2D eigenvalue weighted by Crippen LogP contribution is 2.27. The predicted molar refractivity (Wildman–Crippen MR) is 132 cm³/mol. The van der Waals surface area contributed by atoms with Gasteiger partial charge in [0.05, 0.1) is 0 Å². The van der Waals surface area contributed by atoms with Crippen molar-refractivity contribution in [2.75, 3.05) is 18.6 Å². The first-order valence-electron chi connectivity index (χ1n) is 10.5. The summed E-state index contributed by atoms with van der Waals surface area (Å²) in [5, 5.41) is 15.4. The topological polar surface area (TPSA) is 67.1 Å². The van der Waals surface area contributed by atoms with Gasteiger partial charge >= 0.3 is 0 Å². The Bertz CT molecular complexity index is 571. The maximum Gasteiger partial charge on any atom is 0.191 e. The Balaban J connectivity index is 0.00000392. The van der Waals surface area contributed by atoms with E-state index in [-0.39, 0.29) is 24.0 Å². The van der Waals surface area contributed by atoms with Crippen LogP contribution in [0.4, 0.5) is 0 Å². The zero-order valence-electron chi connectivity index (χ0n) is 18.0. The maximum absolute atomic E-state index is 4.76. The van der Waals surface area contributed by atoms with Crippen molar-refractivity contribution in [1.82, 2.24) is 25.4 Å². The van der Waals surface area contributed by atoms with Crippen LogP contribution in [0.25, 0.3) is 0 Å². The van der Waals surface area contributed by atoms with Gasteiger partial charge in [-0.25, -0.2) is 4.99 Å². The van der Waals surface area contributed by atoms with Gasteiger partial charge in [0.25, 0.3) is 0 Å². The smallest absolute Gasteiger partial charge is 0.191 e. The third kappa shape index (κ3) is 9.33. The van der Waals surface area contributed by atoms with Crippen molar-refractivity contribution in [1.29, 1.82) is 0 Å². The van der Waals surface area contributed by atoms with Gasteiger partial charge in [-0.05, 0) is 51.0 Å². The summed E-state index contributed by atoms with van der Waals surface area (Å²) < 4.78 is 2.00. The van der Waals surface area contributed by atoms with Crippen molar-refractivity contribution >= 4 is 41.7 Å². The minimum Gasteiger partial charge on any atom is -0.356 e. The minimum atomic E-state index is 0. The number of hydrogen-bond donors (Lipinski definition) is 2. The van der Waals surface area contributed by atoms with Crippen LogP contribution in [0.5, 0.6) is 0 Å². The van der Waals surface area contributed by atoms with Crippen LogP contribution >= 0.6 is 35.7 Å². The number of hydrogen-bond acceptors (Lipinski definition) is 4. The molecule has 0 saturated heterocycles. The van der Waals surface area contributed by atoms with Crippen molar-refractivity contribution in [3.63, 3.8) is 0 Å². The van der Waals surface area contributed by atoms with Crippen molar-refractivity contribution in [3.8, 4) is 0 Å². The quantitative estimate of drug-likeness (QED) is 0.208. The van der Waals surface area contributed by atoms with Gasteiger partial charge in [0.1, 0.15) is 12.4 Å². The number of halogens is 1. The Morgan fingerprint density at radius 1 is 1.29 bits per heavy atom. The third-order valence-corrected chi connectivity index (χ3v) is 6.19. The monoisotopic (exact) mass is 522 g/mol. The highest BCUT2D eigenvalue weighted by molar-refractivity contribution is 14.0. The molecule has 1 unspecified atom stereocenters. The molecule has 0 aliphatic heterocycles. The lowest BCUT2D eigenvalue weighted by molar-refractivity contribution is 0.322. The molecule has 1 saturated carbocycles. The van der Waals surface area contributed by atoms with Crippen molar-refractivity contribution in [2.24, 2.45) is 18.0 Å². The Morgan fingerprint density at radius 3 is 2.68 bits per heavy atom. The maximum atomic E-state index is 4.76. The van der Waals surface area contributed by atoms with Crippen molar-refractivity contribution < 1.29 is 0 Å². The first-order valence-corrected chi connectivity index (χ1v) is 11.9.